The molecule has 1 unspecified atom stereocenters. The molecule has 1 aromatic rings. The summed E-state index contributed by atoms with van der Waals surface area (Å²) in [6.07, 6.45) is 0. The van der Waals surface area contributed by atoms with E-state index in [1.165, 1.54) is 0 Å². The first-order chi connectivity index (χ1) is 7.97. The molecule has 2 rings (SSSR count). The van der Waals surface area contributed by atoms with E-state index in [1.54, 1.807) is 7.11 Å². The van der Waals surface area contributed by atoms with E-state index in [2.05, 4.69) is 26.1 Å². The van der Waals surface area contributed by atoms with E-state index in [0.29, 0.717) is 0 Å². The second-order valence-corrected chi connectivity index (χ2v) is 5.54. The fraction of sp³-hybridized carbons (Fsp3) is 0.571. The van der Waals surface area contributed by atoms with Gasteiger partial charge in [0.2, 0.25) is 0 Å². The van der Waals surface area contributed by atoms with Crippen molar-refractivity contribution >= 4 is 0 Å². The molecule has 1 atom stereocenters. The fourth-order valence-electron chi connectivity index (χ4n) is 2.06. The molecule has 0 bridgehead atoms. The second-order valence-electron chi connectivity index (χ2n) is 5.54. The Morgan fingerprint density at radius 1 is 1.24 bits per heavy atom. The van der Waals surface area contributed by atoms with Gasteiger partial charge in [-0.05, 0) is 13.0 Å². The number of hydrogen-bond acceptors (Lipinski definition) is 3. The molecule has 1 aliphatic rings. The Bertz CT molecular complexity index is 391. The van der Waals surface area contributed by atoms with Gasteiger partial charge in [-0.3, -0.25) is 5.32 Å². The van der Waals surface area contributed by atoms with Crippen LogP contribution in [0.2, 0.25) is 0 Å². The summed E-state index contributed by atoms with van der Waals surface area (Å²) in [4.78, 5) is 0. The van der Waals surface area contributed by atoms with Crippen LogP contribution in [-0.2, 0) is 10.5 Å². The third-order valence-electron chi connectivity index (χ3n) is 3.28. The number of para-hydroxylation sites is 1. The van der Waals surface area contributed by atoms with Crippen molar-refractivity contribution in [1.82, 2.24) is 5.32 Å². The summed E-state index contributed by atoms with van der Waals surface area (Å²) in [5, 5.41) is 3.47. The van der Waals surface area contributed by atoms with Crippen molar-refractivity contribution in [3.8, 4) is 5.75 Å². The maximum absolute atomic E-state index is 6.02. The Balaban J connectivity index is 2.27. The fourth-order valence-corrected chi connectivity index (χ4v) is 2.06. The minimum atomic E-state index is -0.456. The first-order valence-corrected chi connectivity index (χ1v) is 5.99. The topological polar surface area (TPSA) is 30.5 Å². The standard InChI is InChI=1S/C14H21NO2/c1-13(2)9-15-14(3,17-10-13)11-7-5-6-8-12(11)16-4/h5-8,15H,9-10H2,1-4H3. The molecule has 3 nitrogen and oxygen atoms in total. The van der Waals surface area contributed by atoms with Crippen LogP contribution in [0, 0.1) is 5.41 Å². The van der Waals surface area contributed by atoms with E-state index in [4.69, 9.17) is 9.47 Å². The van der Waals surface area contributed by atoms with E-state index in [-0.39, 0.29) is 5.41 Å². The van der Waals surface area contributed by atoms with Gasteiger partial charge in [0.15, 0.2) is 0 Å². The van der Waals surface area contributed by atoms with Gasteiger partial charge < -0.3 is 9.47 Å². The van der Waals surface area contributed by atoms with Crippen LogP contribution < -0.4 is 10.1 Å². The predicted molar refractivity (Wildman–Crippen MR) is 68.1 cm³/mol. The maximum Gasteiger partial charge on any atom is 0.146 e. The summed E-state index contributed by atoms with van der Waals surface area (Å²) in [6, 6.07) is 7.99. The lowest BCUT2D eigenvalue weighted by atomic mass is 9.90. The number of benzene rings is 1. The van der Waals surface area contributed by atoms with Crippen LogP contribution in [0.3, 0.4) is 0 Å². The van der Waals surface area contributed by atoms with Gasteiger partial charge in [0.05, 0.1) is 13.7 Å². The van der Waals surface area contributed by atoms with E-state index < -0.39 is 5.72 Å². The van der Waals surface area contributed by atoms with Crippen molar-refractivity contribution in [1.29, 1.82) is 0 Å². The van der Waals surface area contributed by atoms with Crippen LogP contribution in [0.1, 0.15) is 26.3 Å². The van der Waals surface area contributed by atoms with Gasteiger partial charge in [-0.25, -0.2) is 0 Å². The van der Waals surface area contributed by atoms with Gasteiger partial charge in [0.1, 0.15) is 11.5 Å². The molecule has 0 aromatic heterocycles. The number of nitrogens with one attached hydrogen (secondary N) is 1. The van der Waals surface area contributed by atoms with Crippen LogP contribution in [0.4, 0.5) is 0 Å². The molecule has 0 saturated carbocycles. The van der Waals surface area contributed by atoms with Crippen molar-refractivity contribution in [2.45, 2.75) is 26.5 Å². The minimum Gasteiger partial charge on any atom is -0.496 e. The Kier molecular flexibility index (Phi) is 3.15. The van der Waals surface area contributed by atoms with Crippen LogP contribution in [0.25, 0.3) is 0 Å². The highest BCUT2D eigenvalue weighted by Gasteiger charge is 2.38. The number of methoxy groups -OCH3 is 1. The third kappa shape index (κ3) is 2.45. The Hall–Kier alpha value is -1.06. The maximum atomic E-state index is 6.02. The van der Waals surface area contributed by atoms with Crippen LogP contribution in [-0.4, -0.2) is 20.3 Å². The van der Waals surface area contributed by atoms with Crippen LogP contribution in [0.5, 0.6) is 5.75 Å². The van der Waals surface area contributed by atoms with E-state index in [9.17, 15) is 0 Å². The zero-order valence-corrected chi connectivity index (χ0v) is 11.0. The molecule has 1 fully saturated rings. The summed E-state index contributed by atoms with van der Waals surface area (Å²) in [5.41, 5.74) is 0.780. The second kappa shape index (κ2) is 4.31. The van der Waals surface area contributed by atoms with Gasteiger partial charge in [-0.15, -0.1) is 0 Å². The molecule has 94 valence electrons. The molecule has 0 spiro atoms. The molecule has 1 N–H and O–H groups in total. The van der Waals surface area contributed by atoms with Gasteiger partial charge in [-0.2, -0.15) is 0 Å². The quantitative estimate of drug-likeness (QED) is 0.854. The SMILES string of the molecule is COc1ccccc1C1(C)NCC(C)(C)CO1. The van der Waals surface area contributed by atoms with Crippen LogP contribution >= 0.6 is 0 Å². The summed E-state index contributed by atoms with van der Waals surface area (Å²) < 4.78 is 11.4. The Morgan fingerprint density at radius 3 is 2.53 bits per heavy atom. The molecule has 1 aliphatic heterocycles. The Morgan fingerprint density at radius 2 is 1.94 bits per heavy atom. The van der Waals surface area contributed by atoms with Gasteiger partial charge >= 0.3 is 0 Å². The number of rotatable bonds is 2. The molecular weight excluding hydrogens is 214 g/mol. The van der Waals surface area contributed by atoms with E-state index >= 15 is 0 Å². The average molecular weight is 235 g/mol. The number of hydrogen-bond donors (Lipinski definition) is 1. The zero-order valence-electron chi connectivity index (χ0n) is 11.0. The molecule has 1 heterocycles. The molecule has 3 heteroatoms. The normalized spacial score (nSPS) is 27.8. The average Bonchev–Trinajstić information content (AvgIpc) is 2.33. The predicted octanol–water partition coefficient (Wildman–Crippen LogP) is 2.51. The molecular formula is C14H21NO2. The van der Waals surface area contributed by atoms with Crippen molar-refractivity contribution < 1.29 is 9.47 Å². The Labute approximate surface area is 103 Å². The first-order valence-electron chi connectivity index (χ1n) is 5.99. The minimum absolute atomic E-state index is 0.182. The van der Waals surface area contributed by atoms with Gasteiger partial charge in [0.25, 0.3) is 0 Å². The summed E-state index contributed by atoms with van der Waals surface area (Å²) >= 11 is 0. The lowest BCUT2D eigenvalue weighted by Gasteiger charge is -2.43. The summed E-state index contributed by atoms with van der Waals surface area (Å²) in [5.74, 6) is 0.863. The summed E-state index contributed by atoms with van der Waals surface area (Å²) in [6.45, 7) is 8.12. The molecule has 0 radical (unpaired) electrons. The number of ether oxygens (including phenoxy) is 2. The monoisotopic (exact) mass is 235 g/mol. The lowest BCUT2D eigenvalue weighted by Crippen LogP contribution is -2.53. The van der Waals surface area contributed by atoms with Crippen molar-refractivity contribution in [2.24, 2.45) is 5.41 Å². The molecule has 0 amide bonds. The molecule has 17 heavy (non-hydrogen) atoms. The lowest BCUT2D eigenvalue weighted by molar-refractivity contribution is -0.132. The highest BCUT2D eigenvalue weighted by Crippen LogP contribution is 2.35. The summed E-state index contributed by atoms with van der Waals surface area (Å²) in [7, 11) is 1.69. The molecule has 0 aliphatic carbocycles. The van der Waals surface area contributed by atoms with Gasteiger partial charge in [-0.1, -0.05) is 32.0 Å². The highest BCUT2D eigenvalue weighted by atomic mass is 16.5. The van der Waals surface area contributed by atoms with Crippen molar-refractivity contribution in [3.05, 3.63) is 29.8 Å². The van der Waals surface area contributed by atoms with E-state index in [1.807, 2.05) is 24.3 Å². The third-order valence-corrected chi connectivity index (χ3v) is 3.28. The smallest absolute Gasteiger partial charge is 0.146 e. The van der Waals surface area contributed by atoms with Gasteiger partial charge in [0, 0.05) is 17.5 Å². The first kappa shape index (κ1) is 12.4. The highest BCUT2D eigenvalue weighted by molar-refractivity contribution is 5.37. The molecule has 1 saturated heterocycles. The largest absolute Gasteiger partial charge is 0.496 e. The van der Waals surface area contributed by atoms with E-state index in [0.717, 1.165) is 24.5 Å². The zero-order chi connectivity index (χ0) is 12.5. The van der Waals surface area contributed by atoms with Crippen molar-refractivity contribution in [3.63, 3.8) is 0 Å². The van der Waals surface area contributed by atoms with Crippen LogP contribution in [0.15, 0.2) is 24.3 Å². The molecule has 1 aromatic carbocycles. The van der Waals surface area contributed by atoms with Crippen molar-refractivity contribution in [2.75, 3.05) is 20.3 Å².